The van der Waals surface area contributed by atoms with Crippen LogP contribution in [0.15, 0.2) is 24.3 Å². The number of anilines is 3. The number of aromatic nitrogens is 2. The van der Waals surface area contributed by atoms with Gasteiger partial charge in [0.1, 0.15) is 5.82 Å². The predicted octanol–water partition coefficient (Wildman–Crippen LogP) is 4.17. The maximum atomic E-state index is 5.36. The van der Waals surface area contributed by atoms with Gasteiger partial charge in [0.15, 0.2) is 11.5 Å². The Morgan fingerprint density at radius 3 is 2.24 bits per heavy atom. The zero-order valence-electron chi connectivity index (χ0n) is 15.8. The molecule has 0 fully saturated rings. The van der Waals surface area contributed by atoms with Crippen LogP contribution in [0.5, 0.6) is 11.5 Å². The van der Waals surface area contributed by atoms with Gasteiger partial charge in [0.05, 0.1) is 14.2 Å². The lowest BCUT2D eigenvalue weighted by Gasteiger charge is -2.22. The average Bonchev–Trinajstić information content (AvgIpc) is 2.61. The molecule has 2 rings (SSSR count). The van der Waals surface area contributed by atoms with Crippen LogP contribution >= 0.6 is 0 Å². The Labute approximate surface area is 150 Å². The number of methoxy groups -OCH3 is 2. The third-order valence-electron chi connectivity index (χ3n) is 3.77. The molecular formula is C19H28N4O2. The highest BCUT2D eigenvalue weighted by molar-refractivity contribution is 5.62. The van der Waals surface area contributed by atoms with Crippen LogP contribution < -0.4 is 19.7 Å². The van der Waals surface area contributed by atoms with Gasteiger partial charge in [-0.05, 0) is 31.9 Å². The molecule has 1 aromatic heterocycles. The first kappa shape index (κ1) is 18.8. The molecule has 0 atom stereocenters. The van der Waals surface area contributed by atoms with E-state index in [-0.39, 0.29) is 0 Å². The van der Waals surface area contributed by atoms with Gasteiger partial charge in [-0.1, -0.05) is 13.8 Å². The summed E-state index contributed by atoms with van der Waals surface area (Å²) in [5.41, 5.74) is 1.82. The second kappa shape index (κ2) is 9.11. The van der Waals surface area contributed by atoms with Crippen molar-refractivity contribution in [1.29, 1.82) is 0 Å². The van der Waals surface area contributed by atoms with Gasteiger partial charge in [-0.15, -0.1) is 0 Å². The van der Waals surface area contributed by atoms with Gasteiger partial charge >= 0.3 is 0 Å². The van der Waals surface area contributed by atoms with Crippen molar-refractivity contribution in [3.05, 3.63) is 30.0 Å². The van der Waals surface area contributed by atoms with Crippen LogP contribution in [0.2, 0.25) is 0 Å². The van der Waals surface area contributed by atoms with Crippen LogP contribution in [0.1, 0.15) is 32.4 Å². The Balaban J connectivity index is 2.27. The number of aryl methyl sites for hydroxylation is 1. The minimum Gasteiger partial charge on any atom is -0.493 e. The van der Waals surface area contributed by atoms with Gasteiger partial charge in [0.25, 0.3) is 0 Å². The fourth-order valence-electron chi connectivity index (χ4n) is 2.67. The van der Waals surface area contributed by atoms with Crippen LogP contribution in [0.25, 0.3) is 0 Å². The summed E-state index contributed by atoms with van der Waals surface area (Å²) in [6.07, 6.45) is 2.13. The highest BCUT2D eigenvalue weighted by Crippen LogP contribution is 2.31. The van der Waals surface area contributed by atoms with Gasteiger partial charge in [0.2, 0.25) is 5.95 Å². The van der Waals surface area contributed by atoms with E-state index in [2.05, 4.69) is 29.0 Å². The molecule has 0 aliphatic heterocycles. The number of rotatable bonds is 9. The number of nitrogens with zero attached hydrogens (tertiary/aromatic N) is 3. The van der Waals surface area contributed by atoms with Crippen molar-refractivity contribution < 1.29 is 9.47 Å². The first-order chi connectivity index (χ1) is 12.1. The summed E-state index contributed by atoms with van der Waals surface area (Å²) < 4.78 is 10.6. The fourth-order valence-corrected chi connectivity index (χ4v) is 2.67. The monoisotopic (exact) mass is 344 g/mol. The molecular weight excluding hydrogens is 316 g/mol. The summed E-state index contributed by atoms with van der Waals surface area (Å²) in [6.45, 7) is 8.23. The minimum atomic E-state index is 0.678. The summed E-state index contributed by atoms with van der Waals surface area (Å²) in [5.74, 6) is 2.92. The molecule has 6 nitrogen and oxygen atoms in total. The van der Waals surface area contributed by atoms with Crippen molar-refractivity contribution >= 4 is 17.5 Å². The second-order valence-electron chi connectivity index (χ2n) is 5.88. The van der Waals surface area contributed by atoms with Crippen molar-refractivity contribution in [2.75, 3.05) is 37.5 Å². The molecule has 25 heavy (non-hydrogen) atoms. The Kier molecular flexibility index (Phi) is 6.86. The van der Waals surface area contributed by atoms with Gasteiger partial charge in [-0.2, -0.15) is 4.98 Å². The Hall–Kier alpha value is -2.50. The lowest BCUT2D eigenvalue weighted by Crippen LogP contribution is -2.27. The maximum absolute atomic E-state index is 5.36. The number of hydrogen-bond acceptors (Lipinski definition) is 6. The normalized spacial score (nSPS) is 10.4. The highest BCUT2D eigenvalue weighted by Gasteiger charge is 2.11. The molecule has 1 aromatic carbocycles. The van der Waals surface area contributed by atoms with Gasteiger partial charge in [-0.3, -0.25) is 0 Å². The molecule has 1 heterocycles. The summed E-state index contributed by atoms with van der Waals surface area (Å²) in [5, 5.41) is 3.34. The zero-order chi connectivity index (χ0) is 18.2. The summed E-state index contributed by atoms with van der Waals surface area (Å²) in [7, 11) is 3.25. The summed E-state index contributed by atoms with van der Waals surface area (Å²) >= 11 is 0. The SMILES string of the molecule is CCCN(CCC)c1nc(C)cc(Nc2ccc(OC)c(OC)c2)n1. The van der Waals surface area contributed by atoms with E-state index in [1.54, 1.807) is 14.2 Å². The van der Waals surface area contributed by atoms with E-state index in [4.69, 9.17) is 14.5 Å². The Morgan fingerprint density at radius 1 is 0.960 bits per heavy atom. The topological polar surface area (TPSA) is 59.5 Å². The van der Waals surface area contributed by atoms with Crippen molar-refractivity contribution in [2.45, 2.75) is 33.6 Å². The van der Waals surface area contributed by atoms with E-state index in [1.165, 1.54) is 0 Å². The molecule has 0 radical (unpaired) electrons. The van der Waals surface area contributed by atoms with Crippen molar-refractivity contribution in [3.8, 4) is 11.5 Å². The molecule has 136 valence electrons. The number of nitrogens with one attached hydrogen (secondary N) is 1. The average molecular weight is 344 g/mol. The molecule has 6 heteroatoms. The lowest BCUT2D eigenvalue weighted by molar-refractivity contribution is 0.355. The molecule has 0 amide bonds. The van der Waals surface area contributed by atoms with Crippen LogP contribution in [-0.2, 0) is 0 Å². The van der Waals surface area contributed by atoms with E-state index in [0.29, 0.717) is 11.5 Å². The van der Waals surface area contributed by atoms with Crippen LogP contribution in [-0.4, -0.2) is 37.3 Å². The highest BCUT2D eigenvalue weighted by atomic mass is 16.5. The fraction of sp³-hybridized carbons (Fsp3) is 0.474. The number of hydrogen-bond donors (Lipinski definition) is 1. The molecule has 0 saturated carbocycles. The van der Waals surface area contributed by atoms with Crippen molar-refractivity contribution in [2.24, 2.45) is 0 Å². The first-order valence-corrected chi connectivity index (χ1v) is 8.70. The molecule has 0 unspecified atom stereocenters. The van der Waals surface area contributed by atoms with E-state index in [0.717, 1.165) is 49.1 Å². The summed E-state index contributed by atoms with van der Waals surface area (Å²) in [4.78, 5) is 11.5. The summed E-state index contributed by atoms with van der Waals surface area (Å²) in [6, 6.07) is 7.65. The Bertz CT molecular complexity index is 685. The molecule has 0 aliphatic rings. The number of ether oxygens (including phenoxy) is 2. The van der Waals surface area contributed by atoms with Crippen LogP contribution in [0.3, 0.4) is 0 Å². The van der Waals surface area contributed by atoms with Crippen LogP contribution in [0.4, 0.5) is 17.5 Å². The number of benzene rings is 1. The molecule has 0 saturated heterocycles. The van der Waals surface area contributed by atoms with Crippen molar-refractivity contribution in [3.63, 3.8) is 0 Å². The largest absolute Gasteiger partial charge is 0.493 e. The third-order valence-corrected chi connectivity index (χ3v) is 3.77. The minimum absolute atomic E-state index is 0.678. The van der Waals surface area contributed by atoms with E-state index < -0.39 is 0 Å². The lowest BCUT2D eigenvalue weighted by atomic mass is 10.2. The van der Waals surface area contributed by atoms with E-state index in [1.807, 2.05) is 31.2 Å². The Morgan fingerprint density at radius 2 is 1.64 bits per heavy atom. The van der Waals surface area contributed by atoms with Crippen LogP contribution in [0, 0.1) is 6.92 Å². The molecule has 0 aliphatic carbocycles. The third kappa shape index (κ3) is 4.98. The molecule has 1 N–H and O–H groups in total. The van der Waals surface area contributed by atoms with E-state index >= 15 is 0 Å². The molecule has 0 bridgehead atoms. The van der Waals surface area contributed by atoms with Gasteiger partial charge in [0, 0.05) is 36.6 Å². The second-order valence-corrected chi connectivity index (χ2v) is 5.88. The van der Waals surface area contributed by atoms with Crippen molar-refractivity contribution in [1.82, 2.24) is 9.97 Å². The standard InChI is InChI=1S/C19H28N4O2/c1-6-10-23(11-7-2)19-20-14(3)12-18(22-19)21-15-8-9-16(24-4)17(13-15)25-5/h8-9,12-13H,6-7,10-11H2,1-5H3,(H,20,21,22). The molecule has 0 spiro atoms. The predicted molar refractivity (Wildman–Crippen MR) is 102 cm³/mol. The smallest absolute Gasteiger partial charge is 0.227 e. The molecule has 2 aromatic rings. The van der Waals surface area contributed by atoms with Gasteiger partial charge < -0.3 is 19.7 Å². The zero-order valence-corrected chi connectivity index (χ0v) is 15.8. The van der Waals surface area contributed by atoms with E-state index in [9.17, 15) is 0 Å². The first-order valence-electron chi connectivity index (χ1n) is 8.70. The quantitative estimate of drug-likeness (QED) is 0.737. The maximum Gasteiger partial charge on any atom is 0.227 e. The van der Waals surface area contributed by atoms with Gasteiger partial charge in [-0.25, -0.2) is 4.98 Å².